The summed E-state index contributed by atoms with van der Waals surface area (Å²) >= 11 is 1.46. The van der Waals surface area contributed by atoms with Crippen LogP contribution in [0.3, 0.4) is 0 Å². The molecule has 7 heteroatoms. The zero-order valence-corrected chi connectivity index (χ0v) is 12.1. The molecule has 0 amide bonds. The van der Waals surface area contributed by atoms with Gasteiger partial charge in [0, 0.05) is 18.0 Å². The Kier molecular flexibility index (Phi) is 4.19. The van der Waals surface area contributed by atoms with Crippen molar-refractivity contribution in [3.05, 3.63) is 28.8 Å². The first kappa shape index (κ1) is 15.1. The third-order valence-corrected chi connectivity index (χ3v) is 4.20. The van der Waals surface area contributed by atoms with Crippen LogP contribution in [0.5, 0.6) is 0 Å². The molecule has 0 spiro atoms. The number of halogens is 3. The molecule has 0 radical (unpaired) electrons. The van der Waals surface area contributed by atoms with Crippen LogP contribution in [-0.2, 0) is 19.6 Å². The van der Waals surface area contributed by atoms with Gasteiger partial charge in [0.05, 0.1) is 10.6 Å². The molecule has 110 valence electrons. The normalized spacial score (nSPS) is 13.7. The molecule has 2 N–H and O–H groups in total. The van der Waals surface area contributed by atoms with Crippen molar-refractivity contribution in [3.8, 4) is 10.6 Å². The van der Waals surface area contributed by atoms with Crippen LogP contribution in [0.1, 0.15) is 23.9 Å². The highest BCUT2D eigenvalue weighted by Gasteiger charge is 2.34. The van der Waals surface area contributed by atoms with Crippen LogP contribution < -0.4 is 5.73 Å². The van der Waals surface area contributed by atoms with Crippen molar-refractivity contribution in [1.82, 2.24) is 9.78 Å². The van der Waals surface area contributed by atoms with Crippen LogP contribution in [0, 0.1) is 0 Å². The van der Waals surface area contributed by atoms with Crippen molar-refractivity contribution in [2.24, 2.45) is 12.8 Å². The second-order valence-electron chi connectivity index (χ2n) is 4.67. The number of hydrogen-bond acceptors (Lipinski definition) is 3. The number of alkyl halides is 3. The van der Waals surface area contributed by atoms with Gasteiger partial charge in [0.2, 0.25) is 0 Å². The van der Waals surface area contributed by atoms with Gasteiger partial charge in [-0.15, -0.1) is 11.3 Å². The minimum atomic E-state index is -4.42. The van der Waals surface area contributed by atoms with E-state index >= 15 is 0 Å². The lowest BCUT2D eigenvalue weighted by molar-refractivity contribution is -0.141. The zero-order valence-electron chi connectivity index (χ0n) is 11.2. The smallest absolute Gasteiger partial charge is 0.327 e. The molecule has 20 heavy (non-hydrogen) atoms. The molecule has 0 aliphatic rings. The lowest BCUT2D eigenvalue weighted by atomic mass is 10.1. The maximum Gasteiger partial charge on any atom is 0.435 e. The fraction of sp³-hybridized carbons (Fsp3) is 0.462. The molecule has 0 saturated heterocycles. The van der Waals surface area contributed by atoms with Crippen LogP contribution in [-0.4, -0.2) is 15.8 Å². The first-order valence-corrected chi connectivity index (χ1v) is 7.08. The van der Waals surface area contributed by atoms with Gasteiger partial charge in [-0.25, -0.2) is 0 Å². The number of hydrogen-bond donors (Lipinski definition) is 1. The highest BCUT2D eigenvalue weighted by molar-refractivity contribution is 7.15. The van der Waals surface area contributed by atoms with Crippen LogP contribution >= 0.6 is 11.3 Å². The fourth-order valence-corrected chi connectivity index (χ4v) is 3.01. The summed E-state index contributed by atoms with van der Waals surface area (Å²) in [6, 6.07) is 4.89. The zero-order chi connectivity index (χ0) is 14.9. The highest BCUT2D eigenvalue weighted by Crippen LogP contribution is 2.34. The van der Waals surface area contributed by atoms with Crippen molar-refractivity contribution < 1.29 is 13.2 Å². The quantitative estimate of drug-likeness (QED) is 0.940. The number of aryl methyl sites for hydroxylation is 1. The van der Waals surface area contributed by atoms with E-state index in [2.05, 4.69) is 5.10 Å². The maximum atomic E-state index is 12.6. The third kappa shape index (κ3) is 3.21. The summed E-state index contributed by atoms with van der Waals surface area (Å²) < 4.78 is 39.2. The molecule has 0 aliphatic heterocycles. The summed E-state index contributed by atoms with van der Waals surface area (Å²) in [5, 5.41) is 3.52. The van der Waals surface area contributed by atoms with E-state index in [9.17, 15) is 13.2 Å². The highest BCUT2D eigenvalue weighted by atomic mass is 32.1. The molecule has 1 unspecified atom stereocenters. The van der Waals surface area contributed by atoms with Gasteiger partial charge in [0.25, 0.3) is 0 Å². The lowest BCUT2D eigenvalue weighted by Gasteiger charge is -2.05. The second-order valence-corrected chi connectivity index (χ2v) is 5.84. The van der Waals surface area contributed by atoms with Crippen molar-refractivity contribution in [2.75, 3.05) is 0 Å². The molecule has 0 aromatic carbocycles. The SMILES string of the molecule is CCC(N)Cc1ccc(-c2cc(C(F)(F)F)nn2C)s1. The monoisotopic (exact) mass is 303 g/mol. The molecule has 2 rings (SSSR count). The molecule has 2 heterocycles. The Balaban J connectivity index is 2.26. The second kappa shape index (κ2) is 5.57. The molecule has 2 aromatic heterocycles. The first-order valence-electron chi connectivity index (χ1n) is 6.27. The molecule has 1 atom stereocenters. The van der Waals surface area contributed by atoms with Gasteiger partial charge in [0.15, 0.2) is 5.69 Å². The number of rotatable bonds is 4. The largest absolute Gasteiger partial charge is 0.435 e. The van der Waals surface area contributed by atoms with Crippen molar-refractivity contribution >= 4 is 11.3 Å². The summed E-state index contributed by atoms with van der Waals surface area (Å²) in [5.74, 6) is 0. The van der Waals surface area contributed by atoms with Gasteiger partial charge < -0.3 is 5.73 Å². The Bertz CT molecular complexity index is 586. The Hall–Kier alpha value is -1.34. The number of aromatic nitrogens is 2. The Labute approximate surface area is 119 Å². The van der Waals surface area contributed by atoms with E-state index in [0.29, 0.717) is 5.69 Å². The predicted molar refractivity (Wildman–Crippen MR) is 73.5 cm³/mol. The lowest BCUT2D eigenvalue weighted by Crippen LogP contribution is -2.20. The third-order valence-electron chi connectivity index (χ3n) is 3.07. The number of thiophene rings is 1. The first-order chi connectivity index (χ1) is 9.31. The summed E-state index contributed by atoms with van der Waals surface area (Å²) in [5.41, 5.74) is 5.49. The number of nitrogens with two attached hydrogens (primary N) is 1. The molecule has 0 bridgehead atoms. The van der Waals surface area contributed by atoms with Gasteiger partial charge in [-0.1, -0.05) is 6.92 Å². The average molecular weight is 303 g/mol. The molecule has 3 nitrogen and oxygen atoms in total. The van der Waals surface area contributed by atoms with Gasteiger partial charge in [-0.2, -0.15) is 18.3 Å². The fourth-order valence-electron chi connectivity index (χ4n) is 1.86. The Morgan fingerprint density at radius 2 is 2.10 bits per heavy atom. The van der Waals surface area contributed by atoms with Gasteiger partial charge in [-0.05, 0) is 31.0 Å². The molecule has 0 fully saturated rings. The van der Waals surface area contributed by atoms with Gasteiger partial charge in [-0.3, -0.25) is 4.68 Å². The van der Waals surface area contributed by atoms with Crippen LogP contribution in [0.25, 0.3) is 10.6 Å². The van der Waals surface area contributed by atoms with E-state index in [1.54, 1.807) is 0 Å². The summed E-state index contributed by atoms with van der Waals surface area (Å²) in [6.45, 7) is 2.01. The van der Waals surface area contributed by atoms with Crippen LogP contribution in [0.15, 0.2) is 18.2 Å². The molecule has 0 aliphatic carbocycles. The topological polar surface area (TPSA) is 43.8 Å². The molecule has 0 saturated carbocycles. The van der Waals surface area contributed by atoms with Gasteiger partial charge >= 0.3 is 6.18 Å². The van der Waals surface area contributed by atoms with E-state index in [4.69, 9.17) is 5.73 Å². The van der Waals surface area contributed by atoms with E-state index in [1.165, 1.54) is 23.1 Å². The van der Waals surface area contributed by atoms with Crippen molar-refractivity contribution in [2.45, 2.75) is 32.0 Å². The number of nitrogens with zero attached hydrogens (tertiary/aromatic N) is 2. The van der Waals surface area contributed by atoms with E-state index in [0.717, 1.165) is 28.7 Å². The van der Waals surface area contributed by atoms with Crippen LogP contribution in [0.4, 0.5) is 13.2 Å². The summed E-state index contributed by atoms with van der Waals surface area (Å²) in [4.78, 5) is 1.85. The molecular formula is C13H16F3N3S. The van der Waals surface area contributed by atoms with Crippen molar-refractivity contribution in [3.63, 3.8) is 0 Å². The minimum absolute atomic E-state index is 0.0822. The molecule has 2 aromatic rings. The summed E-state index contributed by atoms with van der Waals surface area (Å²) in [7, 11) is 1.52. The van der Waals surface area contributed by atoms with E-state index in [-0.39, 0.29) is 6.04 Å². The predicted octanol–water partition coefficient (Wildman–Crippen LogP) is 3.45. The van der Waals surface area contributed by atoms with Gasteiger partial charge in [0.1, 0.15) is 0 Å². The van der Waals surface area contributed by atoms with Crippen LogP contribution in [0.2, 0.25) is 0 Å². The van der Waals surface area contributed by atoms with E-state index in [1.807, 2.05) is 19.1 Å². The Morgan fingerprint density at radius 3 is 2.65 bits per heavy atom. The summed E-state index contributed by atoms with van der Waals surface area (Å²) in [6.07, 6.45) is -2.80. The minimum Gasteiger partial charge on any atom is -0.327 e. The average Bonchev–Trinajstić information content (AvgIpc) is 2.94. The maximum absolute atomic E-state index is 12.6. The Morgan fingerprint density at radius 1 is 1.40 bits per heavy atom. The standard InChI is InChI=1S/C13H16F3N3S/c1-3-8(17)6-9-4-5-11(20-9)10-7-12(13(14,15)16)18-19(10)2/h4-5,7-8H,3,6,17H2,1-2H3. The van der Waals surface area contributed by atoms with E-state index < -0.39 is 11.9 Å². The van der Waals surface area contributed by atoms with Crippen molar-refractivity contribution in [1.29, 1.82) is 0 Å². The molecular weight excluding hydrogens is 287 g/mol.